The van der Waals surface area contributed by atoms with Crippen molar-refractivity contribution in [2.45, 2.75) is 0 Å². The summed E-state index contributed by atoms with van der Waals surface area (Å²) in [6, 6.07) is 13.2. The molecule has 0 aliphatic rings. The number of aromatic amines is 1. The minimum atomic E-state index is 0.620. The van der Waals surface area contributed by atoms with Gasteiger partial charge in [0.25, 0.3) is 0 Å². The van der Waals surface area contributed by atoms with Crippen molar-refractivity contribution >= 4 is 46.5 Å². The van der Waals surface area contributed by atoms with Crippen LogP contribution in [0.5, 0.6) is 0 Å². The summed E-state index contributed by atoms with van der Waals surface area (Å²) in [5.74, 6) is 0. The van der Waals surface area contributed by atoms with Crippen LogP contribution in [0.25, 0.3) is 16.7 Å². The molecule has 0 bridgehead atoms. The third-order valence-electron chi connectivity index (χ3n) is 2.71. The van der Waals surface area contributed by atoms with Gasteiger partial charge in [-0.15, -0.1) is 0 Å². The Morgan fingerprint density at radius 2 is 1.78 bits per heavy atom. The van der Waals surface area contributed by atoms with Crippen LogP contribution in [-0.4, -0.2) is 9.55 Å². The Morgan fingerprint density at radius 1 is 1.00 bits per heavy atom. The third kappa shape index (κ3) is 1.94. The molecule has 0 aliphatic carbocycles. The molecule has 0 saturated carbocycles. The molecule has 5 heteroatoms. The molecule has 0 aliphatic heterocycles. The van der Waals surface area contributed by atoms with Crippen LogP contribution in [0.4, 0.5) is 0 Å². The van der Waals surface area contributed by atoms with Gasteiger partial charge in [-0.25, -0.2) is 0 Å². The fourth-order valence-corrected chi connectivity index (χ4v) is 2.61. The zero-order chi connectivity index (χ0) is 12.7. The molecule has 2 nitrogen and oxygen atoms in total. The lowest BCUT2D eigenvalue weighted by Crippen LogP contribution is -1.93. The van der Waals surface area contributed by atoms with E-state index in [1.54, 1.807) is 0 Å². The summed E-state index contributed by atoms with van der Waals surface area (Å²) in [6.07, 6.45) is 0. The molecule has 3 rings (SSSR count). The Hall–Kier alpha value is -1.29. The predicted octanol–water partition coefficient (Wildman–Crippen LogP) is 4.99. The SMILES string of the molecule is S=c1[nH]c2ccc(Cl)cc2n1-c1cccc(Cl)c1. The summed E-state index contributed by atoms with van der Waals surface area (Å²) in [6.45, 7) is 0. The molecule has 0 saturated heterocycles. The number of rotatable bonds is 1. The summed E-state index contributed by atoms with van der Waals surface area (Å²) in [4.78, 5) is 3.15. The van der Waals surface area contributed by atoms with Gasteiger partial charge in [0.1, 0.15) is 0 Å². The molecule has 0 amide bonds. The highest BCUT2D eigenvalue weighted by atomic mass is 35.5. The second-order valence-electron chi connectivity index (χ2n) is 3.91. The minimum absolute atomic E-state index is 0.620. The Kier molecular flexibility index (Phi) is 2.90. The van der Waals surface area contributed by atoms with Gasteiger partial charge >= 0.3 is 0 Å². The number of imidazole rings is 1. The van der Waals surface area contributed by atoms with E-state index < -0.39 is 0 Å². The van der Waals surface area contributed by atoms with Crippen LogP contribution < -0.4 is 0 Å². The van der Waals surface area contributed by atoms with Gasteiger partial charge in [0.15, 0.2) is 4.77 Å². The number of benzene rings is 2. The summed E-state index contributed by atoms with van der Waals surface area (Å²) >= 11 is 17.4. The first-order valence-electron chi connectivity index (χ1n) is 5.31. The lowest BCUT2D eigenvalue weighted by atomic mass is 10.3. The van der Waals surface area contributed by atoms with Crippen molar-refractivity contribution in [2.24, 2.45) is 0 Å². The summed E-state index contributed by atoms with van der Waals surface area (Å²) in [5.41, 5.74) is 2.81. The van der Waals surface area contributed by atoms with Crippen molar-refractivity contribution in [3.05, 3.63) is 57.3 Å². The van der Waals surface area contributed by atoms with Crippen molar-refractivity contribution in [1.82, 2.24) is 9.55 Å². The van der Waals surface area contributed by atoms with Gasteiger partial charge in [-0.2, -0.15) is 0 Å². The lowest BCUT2D eigenvalue weighted by molar-refractivity contribution is 1.07. The Balaban J connectivity index is 2.38. The van der Waals surface area contributed by atoms with Gasteiger partial charge in [0.2, 0.25) is 0 Å². The molecule has 2 aromatic carbocycles. The van der Waals surface area contributed by atoms with Gasteiger partial charge in [-0.3, -0.25) is 4.57 Å². The van der Waals surface area contributed by atoms with E-state index in [9.17, 15) is 0 Å². The van der Waals surface area contributed by atoms with E-state index in [2.05, 4.69) is 4.98 Å². The van der Waals surface area contributed by atoms with Crippen LogP contribution in [0.15, 0.2) is 42.5 Å². The topological polar surface area (TPSA) is 20.7 Å². The van der Waals surface area contributed by atoms with E-state index in [4.69, 9.17) is 35.4 Å². The van der Waals surface area contributed by atoms with Gasteiger partial charge in [0, 0.05) is 15.7 Å². The Labute approximate surface area is 119 Å². The fraction of sp³-hybridized carbons (Fsp3) is 0. The van der Waals surface area contributed by atoms with Crippen LogP contribution >= 0.6 is 35.4 Å². The molecule has 18 heavy (non-hydrogen) atoms. The quantitative estimate of drug-likeness (QED) is 0.627. The number of aromatic nitrogens is 2. The maximum atomic E-state index is 6.03. The molecule has 90 valence electrons. The van der Waals surface area contributed by atoms with Gasteiger partial charge < -0.3 is 4.98 Å². The first-order valence-corrected chi connectivity index (χ1v) is 6.48. The van der Waals surface area contributed by atoms with Crippen molar-refractivity contribution in [1.29, 1.82) is 0 Å². The standard InChI is InChI=1S/C13H8Cl2N2S/c14-8-2-1-3-10(6-8)17-12-7-9(15)4-5-11(12)16-13(17)18/h1-7H,(H,16,18). The van der Waals surface area contributed by atoms with Crippen LogP contribution in [0.2, 0.25) is 10.0 Å². The number of nitrogens with zero attached hydrogens (tertiary/aromatic N) is 1. The second kappa shape index (κ2) is 4.43. The van der Waals surface area contributed by atoms with Crippen LogP contribution in [-0.2, 0) is 0 Å². The van der Waals surface area contributed by atoms with Gasteiger partial charge in [-0.1, -0.05) is 29.3 Å². The second-order valence-corrected chi connectivity index (χ2v) is 5.17. The molecular formula is C13H8Cl2N2S. The number of hydrogen-bond acceptors (Lipinski definition) is 1. The van der Waals surface area contributed by atoms with Crippen molar-refractivity contribution in [3.8, 4) is 5.69 Å². The van der Waals surface area contributed by atoms with Crippen LogP contribution in [0.1, 0.15) is 0 Å². The van der Waals surface area contributed by atoms with E-state index in [0.29, 0.717) is 14.8 Å². The third-order valence-corrected chi connectivity index (χ3v) is 3.47. The number of halogens is 2. The number of hydrogen-bond donors (Lipinski definition) is 1. The van der Waals surface area contributed by atoms with Gasteiger partial charge in [0.05, 0.1) is 11.0 Å². The molecular weight excluding hydrogens is 287 g/mol. The van der Waals surface area contributed by atoms with E-state index in [-0.39, 0.29) is 0 Å². The highest BCUT2D eigenvalue weighted by Crippen LogP contribution is 2.24. The molecule has 3 aromatic rings. The first-order chi connectivity index (χ1) is 8.65. The number of nitrogens with one attached hydrogen (secondary N) is 1. The summed E-state index contributed by atoms with van der Waals surface area (Å²) < 4.78 is 2.54. The number of H-pyrrole nitrogens is 1. The predicted molar refractivity (Wildman–Crippen MR) is 78.5 cm³/mol. The van der Waals surface area contributed by atoms with E-state index in [1.807, 2.05) is 47.0 Å². The molecule has 0 unspecified atom stereocenters. The maximum absolute atomic E-state index is 6.03. The van der Waals surface area contributed by atoms with Gasteiger partial charge in [-0.05, 0) is 48.6 Å². The molecule has 1 aromatic heterocycles. The largest absolute Gasteiger partial charge is 0.330 e. The maximum Gasteiger partial charge on any atom is 0.182 e. The molecule has 0 fully saturated rings. The highest BCUT2D eigenvalue weighted by Gasteiger charge is 2.07. The van der Waals surface area contributed by atoms with E-state index >= 15 is 0 Å². The molecule has 0 radical (unpaired) electrons. The average Bonchev–Trinajstić information content (AvgIpc) is 2.64. The smallest absolute Gasteiger partial charge is 0.182 e. The van der Waals surface area contributed by atoms with Crippen LogP contribution in [0.3, 0.4) is 0 Å². The molecule has 1 heterocycles. The Bertz CT molecular complexity index is 789. The zero-order valence-electron chi connectivity index (χ0n) is 9.15. The van der Waals surface area contributed by atoms with Crippen molar-refractivity contribution < 1.29 is 0 Å². The normalized spacial score (nSPS) is 11.0. The van der Waals surface area contributed by atoms with Crippen LogP contribution in [0, 0.1) is 4.77 Å². The fourth-order valence-electron chi connectivity index (χ4n) is 1.95. The highest BCUT2D eigenvalue weighted by molar-refractivity contribution is 7.71. The number of fused-ring (bicyclic) bond motifs is 1. The molecule has 1 N–H and O–H groups in total. The molecule has 0 spiro atoms. The monoisotopic (exact) mass is 294 g/mol. The average molecular weight is 295 g/mol. The zero-order valence-corrected chi connectivity index (χ0v) is 11.5. The van der Waals surface area contributed by atoms with E-state index in [0.717, 1.165) is 16.7 Å². The van der Waals surface area contributed by atoms with Crippen molar-refractivity contribution in [2.75, 3.05) is 0 Å². The summed E-state index contributed by atoms with van der Waals surface area (Å²) in [7, 11) is 0. The first kappa shape index (κ1) is 11.8. The lowest BCUT2D eigenvalue weighted by Gasteiger charge is -2.05. The minimum Gasteiger partial charge on any atom is -0.330 e. The van der Waals surface area contributed by atoms with Crippen molar-refractivity contribution in [3.63, 3.8) is 0 Å². The summed E-state index contributed by atoms with van der Waals surface area (Å²) in [5, 5.41) is 1.35. The molecule has 0 atom stereocenters. The van der Waals surface area contributed by atoms with E-state index in [1.165, 1.54) is 0 Å². The Morgan fingerprint density at radius 3 is 2.56 bits per heavy atom.